The molecule has 0 aliphatic rings. The summed E-state index contributed by atoms with van der Waals surface area (Å²) >= 11 is 0. The maximum absolute atomic E-state index is 10.9. The topological polar surface area (TPSA) is 117 Å². The molecule has 2 aromatic carbocycles. The number of nitro benzene ring substituents is 2. The van der Waals surface area contributed by atoms with Gasteiger partial charge in [0.15, 0.2) is 0 Å². The molecular weight excluding hydrogens is 306 g/mol. The summed E-state index contributed by atoms with van der Waals surface area (Å²) in [5.41, 5.74) is -0.246. The maximum atomic E-state index is 10.9. The Morgan fingerprint density at radius 1 is 1.04 bits per heavy atom. The number of benzene rings is 2. The number of non-ortho nitro benzene ring substituents is 1. The number of ether oxygens (including phenoxy) is 1. The highest BCUT2D eigenvalue weighted by molar-refractivity contribution is 5.79. The molecule has 0 heterocycles. The van der Waals surface area contributed by atoms with E-state index < -0.39 is 21.2 Å². The van der Waals surface area contributed by atoms with Gasteiger partial charge in [-0.05, 0) is 35.9 Å². The molecule has 0 atom stereocenters. The van der Waals surface area contributed by atoms with Crippen molar-refractivity contribution in [3.05, 3.63) is 68.3 Å². The van der Waals surface area contributed by atoms with Crippen LogP contribution < -0.4 is 9.57 Å². The quantitative estimate of drug-likeness (QED) is 0.459. The standard InChI is InChI=1S/C14H11N3O6/c1-22-12-5-2-10(3-6-12)9-15-23-14-7-4-11(16(18)19)8-13(14)17(20)21/h2-9H,1H3/b15-9+. The fourth-order valence-electron chi connectivity index (χ4n) is 1.67. The molecule has 0 N–H and O–H groups in total. The molecule has 0 bridgehead atoms. The fourth-order valence-corrected chi connectivity index (χ4v) is 1.67. The number of hydrogen-bond donors (Lipinski definition) is 0. The van der Waals surface area contributed by atoms with E-state index in [4.69, 9.17) is 9.57 Å². The Morgan fingerprint density at radius 3 is 2.30 bits per heavy atom. The molecule has 2 rings (SSSR count). The van der Waals surface area contributed by atoms with Crippen molar-refractivity contribution in [2.45, 2.75) is 0 Å². The number of nitrogens with zero attached hydrogens (tertiary/aromatic N) is 3. The Balaban J connectivity index is 2.17. The average Bonchev–Trinajstić information content (AvgIpc) is 2.55. The fraction of sp³-hybridized carbons (Fsp3) is 0.0714. The summed E-state index contributed by atoms with van der Waals surface area (Å²) in [4.78, 5) is 25.0. The molecule has 2 aromatic rings. The highest BCUT2D eigenvalue weighted by Crippen LogP contribution is 2.31. The maximum Gasteiger partial charge on any atom is 0.321 e. The summed E-state index contributed by atoms with van der Waals surface area (Å²) in [5, 5.41) is 25.2. The van der Waals surface area contributed by atoms with Gasteiger partial charge in [-0.1, -0.05) is 5.16 Å². The van der Waals surface area contributed by atoms with E-state index in [0.29, 0.717) is 11.3 Å². The van der Waals surface area contributed by atoms with E-state index in [1.807, 2.05) is 0 Å². The predicted octanol–water partition coefficient (Wildman–Crippen LogP) is 2.92. The smallest absolute Gasteiger partial charge is 0.321 e. The van der Waals surface area contributed by atoms with Crippen LogP contribution in [0.4, 0.5) is 11.4 Å². The van der Waals surface area contributed by atoms with Gasteiger partial charge in [0.1, 0.15) is 5.75 Å². The van der Waals surface area contributed by atoms with Gasteiger partial charge in [-0.25, -0.2) is 0 Å². The minimum Gasteiger partial charge on any atom is -0.497 e. The molecule has 0 aliphatic heterocycles. The molecule has 0 fully saturated rings. The van der Waals surface area contributed by atoms with Crippen molar-refractivity contribution in [3.8, 4) is 11.5 Å². The monoisotopic (exact) mass is 317 g/mol. The molecule has 9 heteroatoms. The summed E-state index contributed by atoms with van der Waals surface area (Å²) in [6.07, 6.45) is 1.35. The zero-order valence-corrected chi connectivity index (χ0v) is 11.9. The number of methoxy groups -OCH3 is 1. The van der Waals surface area contributed by atoms with Crippen LogP contribution >= 0.6 is 0 Å². The summed E-state index contributed by atoms with van der Waals surface area (Å²) in [7, 11) is 1.54. The number of rotatable bonds is 6. The highest BCUT2D eigenvalue weighted by atomic mass is 16.7. The third-order valence-corrected chi connectivity index (χ3v) is 2.82. The molecule has 0 aromatic heterocycles. The van der Waals surface area contributed by atoms with Crippen molar-refractivity contribution < 1.29 is 19.4 Å². The second-order valence-electron chi connectivity index (χ2n) is 4.27. The van der Waals surface area contributed by atoms with Crippen molar-refractivity contribution >= 4 is 17.6 Å². The number of hydrogen-bond acceptors (Lipinski definition) is 7. The molecule has 0 saturated carbocycles. The van der Waals surface area contributed by atoms with Crippen LogP contribution in [0.15, 0.2) is 47.6 Å². The van der Waals surface area contributed by atoms with E-state index in [1.165, 1.54) is 6.21 Å². The van der Waals surface area contributed by atoms with E-state index in [0.717, 1.165) is 18.2 Å². The number of oxime groups is 1. The van der Waals surface area contributed by atoms with Gasteiger partial charge in [-0.3, -0.25) is 20.2 Å². The zero-order valence-electron chi connectivity index (χ0n) is 11.9. The minimum absolute atomic E-state index is 0.189. The van der Waals surface area contributed by atoms with Gasteiger partial charge in [0.05, 0.1) is 29.2 Å². The van der Waals surface area contributed by atoms with Crippen LogP contribution in [0.2, 0.25) is 0 Å². The van der Waals surface area contributed by atoms with Crippen LogP contribution in [0.3, 0.4) is 0 Å². The van der Waals surface area contributed by atoms with Gasteiger partial charge in [-0.2, -0.15) is 0 Å². The molecule has 23 heavy (non-hydrogen) atoms. The van der Waals surface area contributed by atoms with E-state index in [9.17, 15) is 20.2 Å². The first-order valence-electron chi connectivity index (χ1n) is 6.28. The first-order chi connectivity index (χ1) is 11.0. The zero-order chi connectivity index (χ0) is 16.8. The van der Waals surface area contributed by atoms with Crippen molar-refractivity contribution in [3.63, 3.8) is 0 Å². The second-order valence-corrected chi connectivity index (χ2v) is 4.27. The van der Waals surface area contributed by atoms with Gasteiger partial charge in [0, 0.05) is 6.07 Å². The Morgan fingerprint density at radius 2 is 1.74 bits per heavy atom. The van der Waals surface area contributed by atoms with Crippen molar-refractivity contribution in [1.29, 1.82) is 0 Å². The lowest BCUT2D eigenvalue weighted by Crippen LogP contribution is -1.96. The van der Waals surface area contributed by atoms with Gasteiger partial charge < -0.3 is 9.57 Å². The van der Waals surface area contributed by atoms with E-state index in [2.05, 4.69) is 5.16 Å². The first-order valence-corrected chi connectivity index (χ1v) is 6.28. The van der Waals surface area contributed by atoms with Crippen LogP contribution in [0, 0.1) is 20.2 Å². The van der Waals surface area contributed by atoms with Gasteiger partial charge in [0.2, 0.25) is 5.75 Å². The third kappa shape index (κ3) is 4.00. The van der Waals surface area contributed by atoms with Crippen LogP contribution in [-0.4, -0.2) is 23.2 Å². The lowest BCUT2D eigenvalue weighted by atomic mass is 10.2. The van der Waals surface area contributed by atoms with Crippen molar-refractivity contribution in [2.75, 3.05) is 7.11 Å². The second kappa shape index (κ2) is 6.98. The van der Waals surface area contributed by atoms with Crippen LogP contribution in [-0.2, 0) is 0 Å². The van der Waals surface area contributed by atoms with Crippen molar-refractivity contribution in [1.82, 2.24) is 0 Å². The molecule has 0 unspecified atom stereocenters. The summed E-state index contributed by atoms with van der Waals surface area (Å²) < 4.78 is 5.01. The van der Waals surface area contributed by atoms with Crippen LogP contribution in [0.25, 0.3) is 0 Å². The predicted molar refractivity (Wildman–Crippen MR) is 81.0 cm³/mol. The molecular formula is C14H11N3O6. The molecule has 0 amide bonds. The molecule has 9 nitrogen and oxygen atoms in total. The lowest BCUT2D eigenvalue weighted by molar-refractivity contribution is -0.394. The van der Waals surface area contributed by atoms with E-state index in [-0.39, 0.29) is 5.75 Å². The SMILES string of the molecule is COc1ccc(/C=N/Oc2ccc([N+](=O)[O-])cc2[N+](=O)[O-])cc1. The van der Waals surface area contributed by atoms with E-state index in [1.54, 1.807) is 31.4 Å². The largest absolute Gasteiger partial charge is 0.497 e. The summed E-state index contributed by atoms with van der Waals surface area (Å²) in [6, 6.07) is 9.92. The van der Waals surface area contributed by atoms with Crippen molar-refractivity contribution in [2.24, 2.45) is 5.16 Å². The Labute approximate surface area is 130 Å². The molecule has 0 saturated heterocycles. The van der Waals surface area contributed by atoms with Gasteiger partial charge in [0.25, 0.3) is 5.69 Å². The molecule has 0 aliphatic carbocycles. The van der Waals surface area contributed by atoms with Crippen LogP contribution in [0.1, 0.15) is 5.56 Å². The lowest BCUT2D eigenvalue weighted by Gasteiger charge is -2.01. The molecule has 0 radical (unpaired) electrons. The average molecular weight is 317 g/mol. The Bertz CT molecular complexity index is 758. The number of nitro groups is 2. The summed E-state index contributed by atoms with van der Waals surface area (Å²) in [5.74, 6) is 0.486. The third-order valence-electron chi connectivity index (χ3n) is 2.82. The van der Waals surface area contributed by atoms with Gasteiger partial charge in [-0.15, -0.1) is 0 Å². The molecule has 0 spiro atoms. The van der Waals surface area contributed by atoms with E-state index >= 15 is 0 Å². The Kier molecular flexibility index (Phi) is 4.82. The minimum atomic E-state index is -0.773. The first kappa shape index (κ1) is 15.9. The Hall–Kier alpha value is -3.49. The summed E-state index contributed by atoms with van der Waals surface area (Å²) in [6.45, 7) is 0. The highest BCUT2D eigenvalue weighted by Gasteiger charge is 2.20. The molecule has 118 valence electrons. The normalized spacial score (nSPS) is 10.5. The van der Waals surface area contributed by atoms with Gasteiger partial charge >= 0.3 is 5.69 Å². The van der Waals surface area contributed by atoms with Crippen LogP contribution in [0.5, 0.6) is 11.5 Å².